The van der Waals surface area contributed by atoms with Crippen molar-refractivity contribution in [1.82, 2.24) is 9.78 Å². The summed E-state index contributed by atoms with van der Waals surface area (Å²) >= 11 is 0. The van der Waals surface area contributed by atoms with E-state index in [-0.39, 0.29) is 11.4 Å². The molecule has 2 rings (SSSR count). The molecule has 1 aromatic heterocycles. The highest BCUT2D eigenvalue weighted by molar-refractivity contribution is 7.92. The first-order valence-electron chi connectivity index (χ1n) is 6.50. The Morgan fingerprint density at radius 2 is 2.00 bits per heavy atom. The lowest BCUT2D eigenvalue weighted by atomic mass is 10.3. The molecule has 8 heteroatoms. The average Bonchev–Trinajstić information content (AvgIpc) is 2.91. The first kappa shape index (κ1) is 15.5. The Morgan fingerprint density at radius 1 is 1.33 bits per heavy atom. The molecule has 0 aliphatic rings. The fraction of sp³-hybridized carbons (Fsp3) is 0.308. The molecule has 0 amide bonds. The van der Waals surface area contributed by atoms with Gasteiger partial charge in [0, 0.05) is 19.3 Å². The van der Waals surface area contributed by atoms with Gasteiger partial charge in [-0.05, 0) is 31.2 Å². The fourth-order valence-corrected chi connectivity index (χ4v) is 3.39. The highest BCUT2D eigenvalue weighted by Crippen LogP contribution is 2.23. The molecule has 114 valence electrons. The number of nitrogens with two attached hydrogens (primary N) is 1. The number of halogens is 1. The second kappa shape index (κ2) is 6.23. The largest absolute Gasteiger partial charge is 0.329 e. The maximum absolute atomic E-state index is 13.0. The second-order valence-corrected chi connectivity index (χ2v) is 6.24. The summed E-state index contributed by atoms with van der Waals surface area (Å²) in [6.07, 6.45) is 2.73. The van der Waals surface area contributed by atoms with Gasteiger partial charge in [-0.1, -0.05) is 0 Å². The third-order valence-corrected chi connectivity index (χ3v) is 4.81. The van der Waals surface area contributed by atoms with Crippen LogP contribution in [0.3, 0.4) is 0 Å². The summed E-state index contributed by atoms with van der Waals surface area (Å²) in [6, 6.07) is 5.32. The maximum atomic E-state index is 13.0. The van der Waals surface area contributed by atoms with Crippen LogP contribution in [0.5, 0.6) is 0 Å². The Morgan fingerprint density at radius 3 is 2.57 bits per heavy atom. The van der Waals surface area contributed by atoms with Crippen LogP contribution in [0, 0.1) is 5.82 Å². The van der Waals surface area contributed by atoms with E-state index >= 15 is 0 Å². The minimum Gasteiger partial charge on any atom is -0.329 e. The lowest BCUT2D eigenvalue weighted by Crippen LogP contribution is -2.30. The Hall–Kier alpha value is -1.93. The highest BCUT2D eigenvalue weighted by Gasteiger charge is 2.25. The molecule has 1 aromatic carbocycles. The average molecular weight is 312 g/mol. The molecule has 0 spiro atoms. The molecule has 0 unspecified atom stereocenters. The summed E-state index contributed by atoms with van der Waals surface area (Å²) in [5.41, 5.74) is 5.82. The standard InChI is InChI=1S/C13H17FN4O2S/c1-2-18(12-5-3-11(14)4-6-12)21(19,20)13-9-16-17(10-13)8-7-15/h3-6,9-10H,2,7-8,15H2,1H3. The summed E-state index contributed by atoms with van der Waals surface area (Å²) in [5.74, 6) is -0.414. The van der Waals surface area contributed by atoms with Gasteiger partial charge in [-0.25, -0.2) is 12.8 Å². The third-order valence-electron chi connectivity index (χ3n) is 2.96. The van der Waals surface area contributed by atoms with Crippen molar-refractivity contribution in [1.29, 1.82) is 0 Å². The van der Waals surface area contributed by atoms with Gasteiger partial charge in [0.15, 0.2) is 0 Å². The minimum atomic E-state index is -3.73. The van der Waals surface area contributed by atoms with Crippen LogP contribution in [0.15, 0.2) is 41.6 Å². The number of benzene rings is 1. The summed E-state index contributed by atoms with van der Waals surface area (Å²) < 4.78 is 40.9. The molecule has 0 fully saturated rings. The molecule has 2 N–H and O–H groups in total. The van der Waals surface area contributed by atoms with E-state index in [1.54, 1.807) is 6.92 Å². The van der Waals surface area contributed by atoms with Crippen LogP contribution >= 0.6 is 0 Å². The van der Waals surface area contributed by atoms with E-state index in [4.69, 9.17) is 5.73 Å². The summed E-state index contributed by atoms with van der Waals surface area (Å²) in [5, 5.41) is 3.97. The van der Waals surface area contributed by atoms with Crippen LogP contribution in [0.4, 0.5) is 10.1 Å². The number of hydrogen-bond acceptors (Lipinski definition) is 4. The van der Waals surface area contributed by atoms with Gasteiger partial charge in [-0.3, -0.25) is 8.99 Å². The van der Waals surface area contributed by atoms with Crippen LogP contribution in [-0.4, -0.2) is 31.3 Å². The van der Waals surface area contributed by atoms with Crippen molar-refractivity contribution in [3.63, 3.8) is 0 Å². The summed E-state index contributed by atoms with van der Waals surface area (Å²) in [7, 11) is -3.73. The second-order valence-electron chi connectivity index (χ2n) is 4.37. The van der Waals surface area contributed by atoms with E-state index in [9.17, 15) is 12.8 Å². The molecular weight excluding hydrogens is 295 g/mol. The Balaban J connectivity index is 2.36. The molecule has 1 heterocycles. The van der Waals surface area contributed by atoms with Gasteiger partial charge in [0.2, 0.25) is 0 Å². The van der Waals surface area contributed by atoms with E-state index in [0.717, 1.165) is 0 Å². The lowest BCUT2D eigenvalue weighted by Gasteiger charge is -2.21. The van der Waals surface area contributed by atoms with Crippen molar-refractivity contribution in [3.05, 3.63) is 42.5 Å². The zero-order chi connectivity index (χ0) is 15.5. The SMILES string of the molecule is CCN(c1ccc(F)cc1)S(=O)(=O)c1cnn(CCN)c1. The number of anilines is 1. The van der Waals surface area contributed by atoms with Crippen molar-refractivity contribution in [2.75, 3.05) is 17.4 Å². The molecule has 21 heavy (non-hydrogen) atoms. The molecule has 0 aliphatic heterocycles. The number of hydrogen-bond donors (Lipinski definition) is 1. The fourth-order valence-electron chi connectivity index (χ4n) is 1.96. The molecule has 0 atom stereocenters. The smallest absolute Gasteiger partial charge is 0.267 e. The predicted octanol–water partition coefficient (Wildman–Crippen LogP) is 1.20. The number of nitrogens with zero attached hydrogens (tertiary/aromatic N) is 3. The Bertz CT molecular complexity index is 697. The zero-order valence-electron chi connectivity index (χ0n) is 11.6. The van der Waals surface area contributed by atoms with Gasteiger partial charge in [0.25, 0.3) is 10.0 Å². The van der Waals surface area contributed by atoms with E-state index in [0.29, 0.717) is 18.8 Å². The molecule has 2 aromatic rings. The first-order chi connectivity index (χ1) is 9.98. The van der Waals surface area contributed by atoms with Gasteiger partial charge in [0.05, 0.1) is 18.4 Å². The predicted molar refractivity (Wildman–Crippen MR) is 77.9 cm³/mol. The minimum absolute atomic E-state index is 0.0853. The topological polar surface area (TPSA) is 81.2 Å². The van der Waals surface area contributed by atoms with E-state index < -0.39 is 15.8 Å². The molecule has 0 saturated heterocycles. The van der Waals surface area contributed by atoms with Crippen LogP contribution in [0.25, 0.3) is 0 Å². The molecule has 0 aliphatic carbocycles. The van der Waals surface area contributed by atoms with Gasteiger partial charge in [-0.2, -0.15) is 5.10 Å². The van der Waals surface area contributed by atoms with Crippen LogP contribution in [0.1, 0.15) is 6.92 Å². The van der Waals surface area contributed by atoms with Crippen molar-refractivity contribution in [3.8, 4) is 0 Å². The van der Waals surface area contributed by atoms with Crippen molar-refractivity contribution in [2.45, 2.75) is 18.4 Å². The van der Waals surface area contributed by atoms with Crippen molar-refractivity contribution < 1.29 is 12.8 Å². The van der Waals surface area contributed by atoms with E-state index in [1.165, 1.54) is 45.6 Å². The van der Waals surface area contributed by atoms with E-state index in [2.05, 4.69) is 5.10 Å². The van der Waals surface area contributed by atoms with E-state index in [1.807, 2.05) is 0 Å². The molecular formula is C13H17FN4O2S. The molecule has 0 bridgehead atoms. The molecule has 0 saturated carbocycles. The highest BCUT2D eigenvalue weighted by atomic mass is 32.2. The van der Waals surface area contributed by atoms with Crippen LogP contribution in [-0.2, 0) is 16.6 Å². The lowest BCUT2D eigenvalue weighted by molar-refractivity contribution is 0.590. The zero-order valence-corrected chi connectivity index (χ0v) is 12.4. The Labute approximate surface area is 123 Å². The number of sulfonamides is 1. The quantitative estimate of drug-likeness (QED) is 0.869. The van der Waals surface area contributed by atoms with Gasteiger partial charge >= 0.3 is 0 Å². The summed E-state index contributed by atoms with van der Waals surface area (Å²) in [4.78, 5) is 0.0853. The van der Waals surface area contributed by atoms with Gasteiger partial charge in [-0.15, -0.1) is 0 Å². The molecule has 6 nitrogen and oxygen atoms in total. The van der Waals surface area contributed by atoms with Crippen LogP contribution in [0.2, 0.25) is 0 Å². The normalized spacial score (nSPS) is 11.6. The number of aromatic nitrogens is 2. The van der Waals surface area contributed by atoms with Crippen molar-refractivity contribution in [2.24, 2.45) is 5.73 Å². The summed E-state index contributed by atoms with van der Waals surface area (Å²) in [6.45, 7) is 2.76. The first-order valence-corrected chi connectivity index (χ1v) is 7.94. The maximum Gasteiger partial charge on any atom is 0.267 e. The Kier molecular flexibility index (Phi) is 4.59. The number of rotatable bonds is 6. The molecule has 0 radical (unpaired) electrons. The van der Waals surface area contributed by atoms with Crippen molar-refractivity contribution >= 4 is 15.7 Å². The van der Waals surface area contributed by atoms with Gasteiger partial charge in [0.1, 0.15) is 10.7 Å². The monoisotopic (exact) mass is 312 g/mol. The van der Waals surface area contributed by atoms with Gasteiger partial charge < -0.3 is 5.73 Å². The third kappa shape index (κ3) is 3.22. The van der Waals surface area contributed by atoms with Crippen LogP contribution < -0.4 is 10.0 Å².